The minimum Gasteiger partial charge on any atom is -0.355 e. The molecule has 6 nitrogen and oxygen atoms in total. The molecule has 1 aromatic rings. The topological polar surface area (TPSA) is 76.0 Å². The first-order valence-electron chi connectivity index (χ1n) is 5.68. The quantitative estimate of drug-likeness (QED) is 0.737. The molecule has 0 spiro atoms. The van der Waals surface area contributed by atoms with Gasteiger partial charge in [-0.3, -0.25) is 14.3 Å². The smallest absolute Gasteiger partial charge is 0.245 e. The molecule has 1 rings (SSSR count). The maximum Gasteiger partial charge on any atom is 0.245 e. The number of nitrogens with one attached hydrogen (secondary N) is 2. The standard InChI is InChI=1S/C11H18N4O2/c1-3-5-12-10(16)8-13-11(17)9(2)15-7-4-6-14-15/h4,6-7,9H,3,5,8H2,1-2H3,(H,12,16)(H,13,17). The number of hydrogen-bond donors (Lipinski definition) is 2. The Morgan fingerprint density at radius 2 is 2.18 bits per heavy atom. The average Bonchev–Trinajstić information content (AvgIpc) is 2.86. The van der Waals surface area contributed by atoms with Crippen molar-refractivity contribution in [2.24, 2.45) is 0 Å². The Morgan fingerprint density at radius 1 is 1.41 bits per heavy atom. The van der Waals surface area contributed by atoms with Gasteiger partial charge in [0.15, 0.2) is 0 Å². The highest BCUT2D eigenvalue weighted by atomic mass is 16.2. The van der Waals surface area contributed by atoms with E-state index in [2.05, 4.69) is 15.7 Å². The van der Waals surface area contributed by atoms with Crippen molar-refractivity contribution >= 4 is 11.8 Å². The molecule has 0 fully saturated rings. The number of hydrogen-bond acceptors (Lipinski definition) is 3. The third kappa shape index (κ3) is 4.26. The highest BCUT2D eigenvalue weighted by Crippen LogP contribution is 2.02. The molecule has 0 radical (unpaired) electrons. The van der Waals surface area contributed by atoms with Crippen LogP contribution >= 0.6 is 0 Å². The molecule has 1 atom stereocenters. The number of amides is 2. The van der Waals surface area contributed by atoms with Crippen LogP contribution in [0.15, 0.2) is 18.5 Å². The van der Waals surface area contributed by atoms with Crippen LogP contribution in [-0.4, -0.2) is 34.7 Å². The summed E-state index contributed by atoms with van der Waals surface area (Å²) in [7, 11) is 0. The normalized spacial score (nSPS) is 11.9. The van der Waals surface area contributed by atoms with Crippen LogP contribution in [0.1, 0.15) is 26.3 Å². The van der Waals surface area contributed by atoms with Crippen LogP contribution in [0.2, 0.25) is 0 Å². The molecule has 94 valence electrons. The van der Waals surface area contributed by atoms with Crippen LogP contribution in [-0.2, 0) is 9.59 Å². The lowest BCUT2D eigenvalue weighted by molar-refractivity contribution is -0.128. The number of rotatable bonds is 6. The highest BCUT2D eigenvalue weighted by Gasteiger charge is 2.15. The van der Waals surface area contributed by atoms with Gasteiger partial charge in [-0.25, -0.2) is 0 Å². The van der Waals surface area contributed by atoms with Gasteiger partial charge in [-0.05, 0) is 19.4 Å². The highest BCUT2D eigenvalue weighted by molar-refractivity contribution is 5.86. The molecule has 2 amide bonds. The van der Waals surface area contributed by atoms with Crippen LogP contribution in [0.25, 0.3) is 0 Å². The van der Waals surface area contributed by atoms with Crippen molar-refractivity contribution in [3.05, 3.63) is 18.5 Å². The Hall–Kier alpha value is -1.85. The molecular formula is C11H18N4O2. The first-order valence-corrected chi connectivity index (χ1v) is 5.68. The van der Waals surface area contributed by atoms with E-state index >= 15 is 0 Å². The van der Waals surface area contributed by atoms with Gasteiger partial charge < -0.3 is 10.6 Å². The minimum atomic E-state index is -0.413. The van der Waals surface area contributed by atoms with Gasteiger partial charge in [-0.1, -0.05) is 6.92 Å². The molecule has 1 heterocycles. The maximum absolute atomic E-state index is 11.7. The van der Waals surface area contributed by atoms with Crippen molar-refractivity contribution in [2.75, 3.05) is 13.1 Å². The van der Waals surface area contributed by atoms with Crippen molar-refractivity contribution in [1.82, 2.24) is 20.4 Å². The summed E-state index contributed by atoms with van der Waals surface area (Å²) >= 11 is 0. The summed E-state index contributed by atoms with van der Waals surface area (Å²) < 4.78 is 1.54. The van der Waals surface area contributed by atoms with Gasteiger partial charge in [0.1, 0.15) is 6.04 Å². The van der Waals surface area contributed by atoms with Gasteiger partial charge >= 0.3 is 0 Å². The molecule has 1 aromatic heterocycles. The van der Waals surface area contributed by atoms with Crippen LogP contribution in [0.4, 0.5) is 0 Å². The fourth-order valence-corrected chi connectivity index (χ4v) is 1.27. The van der Waals surface area contributed by atoms with E-state index in [9.17, 15) is 9.59 Å². The molecule has 17 heavy (non-hydrogen) atoms. The average molecular weight is 238 g/mol. The third-order valence-corrected chi connectivity index (χ3v) is 2.30. The van der Waals surface area contributed by atoms with E-state index in [1.165, 1.54) is 0 Å². The summed E-state index contributed by atoms with van der Waals surface area (Å²) in [4.78, 5) is 22.9. The van der Waals surface area contributed by atoms with E-state index in [1.54, 1.807) is 30.1 Å². The molecule has 0 aromatic carbocycles. The molecule has 1 unspecified atom stereocenters. The monoisotopic (exact) mass is 238 g/mol. The zero-order valence-corrected chi connectivity index (χ0v) is 10.1. The lowest BCUT2D eigenvalue weighted by Gasteiger charge is -2.12. The molecule has 0 bridgehead atoms. The van der Waals surface area contributed by atoms with Crippen molar-refractivity contribution in [3.8, 4) is 0 Å². The number of nitrogens with zero attached hydrogens (tertiary/aromatic N) is 2. The fourth-order valence-electron chi connectivity index (χ4n) is 1.27. The summed E-state index contributed by atoms with van der Waals surface area (Å²) in [6.45, 7) is 4.33. The van der Waals surface area contributed by atoms with E-state index in [0.29, 0.717) is 6.54 Å². The van der Waals surface area contributed by atoms with E-state index in [-0.39, 0.29) is 18.4 Å². The van der Waals surface area contributed by atoms with Gasteiger partial charge in [0.05, 0.1) is 6.54 Å². The van der Waals surface area contributed by atoms with Gasteiger partial charge in [0.2, 0.25) is 11.8 Å². The number of aromatic nitrogens is 2. The third-order valence-electron chi connectivity index (χ3n) is 2.30. The van der Waals surface area contributed by atoms with Gasteiger partial charge in [0.25, 0.3) is 0 Å². The number of carbonyl (C=O) groups is 2. The summed E-state index contributed by atoms with van der Waals surface area (Å²) in [5.74, 6) is -0.395. The van der Waals surface area contributed by atoms with E-state index in [4.69, 9.17) is 0 Å². The largest absolute Gasteiger partial charge is 0.355 e. The first kappa shape index (κ1) is 13.2. The van der Waals surface area contributed by atoms with Gasteiger partial charge in [-0.2, -0.15) is 5.10 Å². The van der Waals surface area contributed by atoms with Crippen molar-refractivity contribution in [2.45, 2.75) is 26.3 Å². The Bertz CT molecular complexity index is 362. The first-order chi connectivity index (χ1) is 8.15. The van der Waals surface area contributed by atoms with Crippen LogP contribution in [0.5, 0.6) is 0 Å². The lowest BCUT2D eigenvalue weighted by atomic mass is 10.3. The maximum atomic E-state index is 11.7. The van der Waals surface area contributed by atoms with Crippen molar-refractivity contribution < 1.29 is 9.59 Å². The summed E-state index contributed by atoms with van der Waals surface area (Å²) in [6, 6.07) is 1.33. The van der Waals surface area contributed by atoms with E-state index in [0.717, 1.165) is 6.42 Å². The summed E-state index contributed by atoms with van der Waals surface area (Å²) in [5.41, 5.74) is 0. The predicted molar refractivity (Wildman–Crippen MR) is 63.2 cm³/mol. The zero-order chi connectivity index (χ0) is 12.7. The Morgan fingerprint density at radius 3 is 2.76 bits per heavy atom. The molecule has 0 aliphatic heterocycles. The fraction of sp³-hybridized carbons (Fsp3) is 0.545. The summed E-state index contributed by atoms with van der Waals surface area (Å²) in [5, 5.41) is 9.22. The molecule has 2 N–H and O–H groups in total. The Balaban J connectivity index is 2.32. The second-order valence-corrected chi connectivity index (χ2v) is 3.73. The number of carbonyl (C=O) groups excluding carboxylic acids is 2. The van der Waals surface area contributed by atoms with Gasteiger partial charge in [0, 0.05) is 18.9 Å². The van der Waals surface area contributed by atoms with Crippen LogP contribution in [0.3, 0.4) is 0 Å². The van der Waals surface area contributed by atoms with Crippen molar-refractivity contribution in [1.29, 1.82) is 0 Å². The lowest BCUT2D eigenvalue weighted by Crippen LogP contribution is -2.39. The minimum absolute atomic E-state index is 0.00441. The predicted octanol–water partition coefficient (Wildman–Crippen LogP) is 0.0865. The molecule has 0 aliphatic rings. The van der Waals surface area contributed by atoms with Gasteiger partial charge in [-0.15, -0.1) is 0 Å². The SMILES string of the molecule is CCCNC(=O)CNC(=O)C(C)n1cccn1. The Kier molecular flexibility index (Phi) is 5.19. The molecule has 6 heteroatoms. The van der Waals surface area contributed by atoms with E-state index in [1.807, 2.05) is 6.92 Å². The van der Waals surface area contributed by atoms with Crippen LogP contribution in [0, 0.1) is 0 Å². The van der Waals surface area contributed by atoms with Crippen molar-refractivity contribution in [3.63, 3.8) is 0 Å². The zero-order valence-electron chi connectivity index (χ0n) is 10.1. The van der Waals surface area contributed by atoms with Crippen LogP contribution < -0.4 is 10.6 Å². The Labute approximate surface area is 100 Å². The molecule has 0 saturated heterocycles. The molecule has 0 saturated carbocycles. The summed E-state index contributed by atoms with van der Waals surface area (Å²) in [6.07, 6.45) is 4.20. The second-order valence-electron chi connectivity index (χ2n) is 3.73. The molecule has 0 aliphatic carbocycles. The molecular weight excluding hydrogens is 220 g/mol. The second kappa shape index (κ2) is 6.67. The van der Waals surface area contributed by atoms with E-state index < -0.39 is 6.04 Å².